The standard InChI is InChI=1S/C28H27F3N4/c1-34-12-14-35(15-13-34)26-10-8-25(9-11-26)33-19-23-18-32-17-22-3-2-21(16-27(22)23)20-4-6-24(7-5-20)28(29,30)31/h2-11,16-17,19,33H,12-15,18H2,1H3. The molecule has 3 aromatic rings. The topological polar surface area (TPSA) is 30.9 Å². The van der Waals surface area contributed by atoms with Crippen LogP contribution in [0.1, 0.15) is 16.7 Å². The maximum atomic E-state index is 12.9. The zero-order valence-corrected chi connectivity index (χ0v) is 19.5. The lowest BCUT2D eigenvalue weighted by atomic mass is 9.93. The Hall–Kier alpha value is -3.58. The van der Waals surface area contributed by atoms with Gasteiger partial charge in [0.2, 0.25) is 0 Å². The Morgan fingerprint density at radius 3 is 2.23 bits per heavy atom. The molecule has 7 heteroatoms. The van der Waals surface area contributed by atoms with Gasteiger partial charge in [0.15, 0.2) is 0 Å². The van der Waals surface area contributed by atoms with Crippen molar-refractivity contribution in [3.8, 4) is 11.1 Å². The minimum Gasteiger partial charge on any atom is -0.369 e. The Labute approximate surface area is 203 Å². The van der Waals surface area contributed by atoms with Gasteiger partial charge in [-0.1, -0.05) is 24.3 Å². The lowest BCUT2D eigenvalue weighted by molar-refractivity contribution is -0.137. The Morgan fingerprint density at radius 1 is 0.857 bits per heavy atom. The van der Waals surface area contributed by atoms with E-state index in [1.807, 2.05) is 30.6 Å². The molecule has 180 valence electrons. The third-order valence-electron chi connectivity index (χ3n) is 6.59. The van der Waals surface area contributed by atoms with Crippen LogP contribution < -0.4 is 10.2 Å². The Morgan fingerprint density at radius 2 is 1.54 bits per heavy atom. The van der Waals surface area contributed by atoms with Gasteiger partial charge in [0.25, 0.3) is 0 Å². The van der Waals surface area contributed by atoms with Gasteiger partial charge in [0, 0.05) is 50.0 Å². The molecule has 2 heterocycles. The van der Waals surface area contributed by atoms with Gasteiger partial charge in [0.05, 0.1) is 12.1 Å². The minimum atomic E-state index is -4.34. The number of aliphatic imine (C=N–C) groups is 1. The molecule has 0 amide bonds. The summed E-state index contributed by atoms with van der Waals surface area (Å²) < 4.78 is 38.8. The number of rotatable bonds is 4. The number of halogens is 3. The van der Waals surface area contributed by atoms with Gasteiger partial charge in [0.1, 0.15) is 0 Å². The molecule has 0 saturated carbocycles. The average molecular weight is 477 g/mol. The first kappa shape index (κ1) is 23.2. The SMILES string of the molecule is CN1CCN(c2ccc(NC=C3CN=Cc4ccc(-c5ccc(C(F)(F)F)cc5)cc43)cc2)CC1. The van der Waals surface area contributed by atoms with E-state index in [0.717, 1.165) is 71.8 Å². The van der Waals surface area contributed by atoms with Crippen molar-refractivity contribution < 1.29 is 13.2 Å². The van der Waals surface area contributed by atoms with E-state index in [2.05, 4.69) is 51.4 Å². The summed E-state index contributed by atoms with van der Waals surface area (Å²) in [5.74, 6) is 0. The van der Waals surface area contributed by atoms with E-state index >= 15 is 0 Å². The highest BCUT2D eigenvalue weighted by Gasteiger charge is 2.30. The van der Waals surface area contributed by atoms with Crippen molar-refractivity contribution in [2.75, 3.05) is 50.0 Å². The normalized spacial score (nSPS) is 17.5. The fraction of sp³-hybridized carbons (Fsp3) is 0.250. The van der Waals surface area contributed by atoms with Gasteiger partial charge < -0.3 is 15.1 Å². The van der Waals surface area contributed by atoms with Gasteiger partial charge >= 0.3 is 6.18 Å². The zero-order valence-electron chi connectivity index (χ0n) is 19.5. The lowest BCUT2D eigenvalue weighted by Crippen LogP contribution is -2.44. The molecule has 1 fully saturated rings. The van der Waals surface area contributed by atoms with Crippen LogP contribution in [0.15, 0.2) is 77.9 Å². The quantitative estimate of drug-likeness (QED) is 0.500. The number of alkyl halides is 3. The summed E-state index contributed by atoms with van der Waals surface area (Å²) in [6.45, 7) is 4.74. The van der Waals surface area contributed by atoms with E-state index in [1.165, 1.54) is 17.8 Å². The van der Waals surface area contributed by atoms with Crippen LogP contribution in [-0.4, -0.2) is 50.9 Å². The second-order valence-corrected chi connectivity index (χ2v) is 9.00. The van der Waals surface area contributed by atoms with E-state index in [-0.39, 0.29) is 0 Å². The van der Waals surface area contributed by atoms with Gasteiger partial charge in [-0.15, -0.1) is 0 Å². The highest BCUT2D eigenvalue weighted by Crippen LogP contribution is 2.33. The predicted octanol–water partition coefficient (Wildman–Crippen LogP) is 6.01. The summed E-state index contributed by atoms with van der Waals surface area (Å²) in [6, 6.07) is 19.6. The second kappa shape index (κ2) is 9.58. The molecule has 0 aromatic heterocycles. The summed E-state index contributed by atoms with van der Waals surface area (Å²) >= 11 is 0. The third kappa shape index (κ3) is 5.25. The predicted molar refractivity (Wildman–Crippen MR) is 137 cm³/mol. The number of hydrogen-bond donors (Lipinski definition) is 1. The molecule has 0 atom stereocenters. The Kier molecular flexibility index (Phi) is 6.34. The third-order valence-corrected chi connectivity index (χ3v) is 6.59. The molecule has 35 heavy (non-hydrogen) atoms. The van der Waals surface area contributed by atoms with E-state index in [0.29, 0.717) is 6.54 Å². The first-order valence-corrected chi connectivity index (χ1v) is 11.7. The molecule has 0 radical (unpaired) electrons. The van der Waals surface area contributed by atoms with Crippen molar-refractivity contribution in [3.63, 3.8) is 0 Å². The van der Waals surface area contributed by atoms with Crippen LogP contribution in [0.25, 0.3) is 16.7 Å². The maximum Gasteiger partial charge on any atom is 0.416 e. The van der Waals surface area contributed by atoms with Gasteiger partial charge in [-0.3, -0.25) is 4.99 Å². The fourth-order valence-corrected chi connectivity index (χ4v) is 4.43. The van der Waals surface area contributed by atoms with Crippen LogP contribution in [0.4, 0.5) is 24.5 Å². The molecule has 3 aromatic carbocycles. The zero-order chi connectivity index (χ0) is 24.4. The van der Waals surface area contributed by atoms with Crippen LogP contribution in [-0.2, 0) is 6.18 Å². The smallest absolute Gasteiger partial charge is 0.369 e. The monoisotopic (exact) mass is 476 g/mol. The molecule has 2 aliphatic rings. The van der Waals surface area contributed by atoms with Crippen LogP contribution >= 0.6 is 0 Å². The van der Waals surface area contributed by atoms with Crippen LogP contribution in [0.2, 0.25) is 0 Å². The maximum absolute atomic E-state index is 12.9. The van der Waals surface area contributed by atoms with Gasteiger partial charge in [-0.05, 0) is 77.3 Å². The molecule has 1 N–H and O–H groups in total. The first-order valence-electron chi connectivity index (χ1n) is 11.7. The number of hydrogen-bond acceptors (Lipinski definition) is 4. The number of benzene rings is 3. The Balaban J connectivity index is 1.33. The minimum absolute atomic E-state index is 0.538. The summed E-state index contributed by atoms with van der Waals surface area (Å²) in [6.07, 6.45) is -0.528. The number of likely N-dealkylation sites (N-methyl/N-ethyl adjacent to an activating group) is 1. The van der Waals surface area contributed by atoms with E-state index in [9.17, 15) is 13.2 Å². The number of piperazine rings is 1. The van der Waals surface area contributed by atoms with Crippen molar-refractivity contribution in [3.05, 3.63) is 89.6 Å². The average Bonchev–Trinajstić information content (AvgIpc) is 2.87. The summed E-state index contributed by atoms with van der Waals surface area (Å²) in [4.78, 5) is 9.20. The van der Waals surface area contributed by atoms with Crippen molar-refractivity contribution in [1.29, 1.82) is 0 Å². The van der Waals surface area contributed by atoms with Crippen LogP contribution in [0.3, 0.4) is 0 Å². The van der Waals surface area contributed by atoms with Crippen LogP contribution in [0, 0.1) is 0 Å². The molecule has 0 aliphatic carbocycles. The van der Waals surface area contributed by atoms with E-state index in [4.69, 9.17) is 0 Å². The van der Waals surface area contributed by atoms with Crippen molar-refractivity contribution in [2.45, 2.75) is 6.18 Å². The molecule has 1 saturated heterocycles. The lowest BCUT2D eigenvalue weighted by Gasteiger charge is -2.34. The summed E-state index contributed by atoms with van der Waals surface area (Å²) in [5, 5.41) is 3.39. The van der Waals surface area contributed by atoms with Gasteiger partial charge in [-0.25, -0.2) is 0 Å². The first-order chi connectivity index (χ1) is 16.9. The largest absolute Gasteiger partial charge is 0.416 e. The number of fused-ring (bicyclic) bond motifs is 1. The molecule has 2 aliphatic heterocycles. The van der Waals surface area contributed by atoms with Crippen LogP contribution in [0.5, 0.6) is 0 Å². The molecule has 0 unspecified atom stereocenters. The molecular weight excluding hydrogens is 449 g/mol. The number of nitrogens with one attached hydrogen (secondary N) is 1. The summed E-state index contributed by atoms with van der Waals surface area (Å²) in [5.41, 5.74) is 6.24. The fourth-order valence-electron chi connectivity index (χ4n) is 4.43. The number of anilines is 2. The van der Waals surface area contributed by atoms with E-state index < -0.39 is 11.7 Å². The molecule has 0 spiro atoms. The Bertz CT molecular complexity index is 1240. The molecule has 4 nitrogen and oxygen atoms in total. The molecule has 0 bridgehead atoms. The number of nitrogens with zero attached hydrogens (tertiary/aromatic N) is 3. The van der Waals surface area contributed by atoms with Crippen molar-refractivity contribution in [1.82, 2.24) is 4.90 Å². The highest BCUT2D eigenvalue weighted by atomic mass is 19.4. The summed E-state index contributed by atoms with van der Waals surface area (Å²) in [7, 11) is 2.15. The molecule has 5 rings (SSSR count). The molecular formula is C28H27F3N4. The van der Waals surface area contributed by atoms with Crippen molar-refractivity contribution in [2.24, 2.45) is 4.99 Å². The van der Waals surface area contributed by atoms with Crippen molar-refractivity contribution >= 4 is 23.2 Å². The highest BCUT2D eigenvalue weighted by molar-refractivity contribution is 5.94. The second-order valence-electron chi connectivity index (χ2n) is 9.00. The van der Waals surface area contributed by atoms with E-state index in [1.54, 1.807) is 0 Å². The van der Waals surface area contributed by atoms with Gasteiger partial charge in [-0.2, -0.15) is 13.2 Å².